The Kier molecular flexibility index (Phi) is 11.4. The summed E-state index contributed by atoms with van der Waals surface area (Å²) in [6, 6.07) is 9.85. The van der Waals surface area contributed by atoms with Gasteiger partial charge in [-0.15, -0.1) is 0 Å². The van der Waals surface area contributed by atoms with Crippen molar-refractivity contribution in [1.82, 2.24) is 10.6 Å². The number of halogens is 3. The monoisotopic (exact) mass is 378 g/mol. The summed E-state index contributed by atoms with van der Waals surface area (Å²) >= 11 is 6.14. The number of rotatable bonds is 8. The van der Waals surface area contributed by atoms with Crippen molar-refractivity contribution in [2.75, 3.05) is 26.2 Å². The zero-order valence-corrected chi connectivity index (χ0v) is 15.2. The summed E-state index contributed by atoms with van der Waals surface area (Å²) in [7, 11) is 0. The van der Waals surface area contributed by atoms with Crippen molar-refractivity contribution >= 4 is 11.6 Å². The lowest BCUT2D eigenvalue weighted by atomic mass is 10.1. The Labute approximate surface area is 154 Å². The van der Waals surface area contributed by atoms with E-state index in [1.165, 1.54) is 0 Å². The molecule has 4 nitrogen and oxygen atoms in total. The Morgan fingerprint density at radius 3 is 2.48 bits per heavy atom. The molecule has 3 N–H and O–H groups in total. The van der Waals surface area contributed by atoms with Crippen LogP contribution >= 0.6 is 11.6 Å². The minimum absolute atomic E-state index is 0. The van der Waals surface area contributed by atoms with Crippen LogP contribution in [-0.2, 0) is 6.54 Å². The minimum Gasteiger partial charge on any atom is -1.00 e. The lowest BCUT2D eigenvalue weighted by Crippen LogP contribution is -3.00. The Morgan fingerprint density at radius 1 is 1.04 bits per heavy atom. The Balaban J connectivity index is 0.00000242. The van der Waals surface area contributed by atoms with E-state index in [1.807, 2.05) is 37.3 Å². The van der Waals surface area contributed by atoms with Crippen LogP contribution in [0.3, 0.4) is 0 Å². The average Bonchev–Trinajstić information content (AvgIpc) is 2.94. The van der Waals surface area contributed by atoms with Crippen LogP contribution < -0.4 is 35.4 Å². The molecule has 0 unspecified atom stereocenters. The molecule has 0 saturated heterocycles. The van der Waals surface area contributed by atoms with Crippen molar-refractivity contribution in [3.8, 4) is 11.3 Å². The summed E-state index contributed by atoms with van der Waals surface area (Å²) in [6.45, 7) is 5.10. The number of benzene rings is 1. The summed E-state index contributed by atoms with van der Waals surface area (Å²) < 4.78 is 5.81. The predicted molar refractivity (Wildman–Crippen MR) is 85.6 cm³/mol. The van der Waals surface area contributed by atoms with E-state index in [1.54, 1.807) is 0 Å². The van der Waals surface area contributed by atoms with Crippen LogP contribution in [0.2, 0.25) is 5.02 Å². The summed E-state index contributed by atoms with van der Waals surface area (Å²) in [5.74, 6) is 1.72. The Morgan fingerprint density at radius 2 is 1.78 bits per heavy atom. The van der Waals surface area contributed by atoms with Crippen LogP contribution in [0.4, 0.5) is 0 Å². The number of aliphatic hydroxyl groups is 1. The SMILES string of the molecule is Cc1ccc(-c2ccc(CNCCNCCO)o2)cc1Cl.[Cl-].[Cl-]. The molecule has 7 heteroatoms. The van der Waals surface area contributed by atoms with Gasteiger partial charge in [0.1, 0.15) is 11.5 Å². The molecule has 1 aromatic heterocycles. The van der Waals surface area contributed by atoms with E-state index < -0.39 is 0 Å². The maximum Gasteiger partial charge on any atom is 0.134 e. The molecule has 0 radical (unpaired) electrons. The number of aliphatic hydroxyl groups excluding tert-OH is 1. The second-order valence-electron chi connectivity index (χ2n) is 4.88. The van der Waals surface area contributed by atoms with E-state index in [0.717, 1.165) is 40.8 Å². The molecule has 130 valence electrons. The van der Waals surface area contributed by atoms with Gasteiger partial charge in [0.25, 0.3) is 0 Å². The first-order valence-corrected chi connectivity index (χ1v) is 7.46. The fourth-order valence-electron chi connectivity index (χ4n) is 1.97. The molecule has 1 aromatic carbocycles. The summed E-state index contributed by atoms with van der Waals surface area (Å²) in [5, 5.41) is 15.8. The number of aryl methyl sites for hydroxylation is 1. The minimum atomic E-state index is 0. The van der Waals surface area contributed by atoms with Crippen LogP contribution in [0, 0.1) is 6.92 Å². The molecular weight excluding hydrogens is 359 g/mol. The molecular formula is C16H21Cl3N2O2-2. The highest BCUT2D eigenvalue weighted by Crippen LogP contribution is 2.26. The molecule has 0 saturated carbocycles. The normalized spacial score (nSPS) is 10.0. The van der Waals surface area contributed by atoms with Gasteiger partial charge in [-0.05, 0) is 30.7 Å². The largest absolute Gasteiger partial charge is 1.00 e. The van der Waals surface area contributed by atoms with E-state index in [0.29, 0.717) is 13.1 Å². The maximum atomic E-state index is 8.64. The van der Waals surface area contributed by atoms with E-state index in [-0.39, 0.29) is 31.4 Å². The quantitative estimate of drug-likeness (QED) is 0.418. The van der Waals surface area contributed by atoms with Crippen molar-refractivity contribution < 1.29 is 34.3 Å². The molecule has 0 spiro atoms. The fourth-order valence-corrected chi connectivity index (χ4v) is 2.15. The molecule has 2 aromatic rings. The molecule has 23 heavy (non-hydrogen) atoms. The highest BCUT2D eigenvalue weighted by Gasteiger charge is 2.06. The van der Waals surface area contributed by atoms with Crippen LogP contribution in [0.25, 0.3) is 11.3 Å². The van der Waals surface area contributed by atoms with Crippen molar-refractivity contribution in [2.45, 2.75) is 13.5 Å². The van der Waals surface area contributed by atoms with Gasteiger partial charge in [-0.3, -0.25) is 0 Å². The lowest BCUT2D eigenvalue weighted by Gasteiger charge is -2.04. The smallest absolute Gasteiger partial charge is 0.134 e. The van der Waals surface area contributed by atoms with Crippen molar-refractivity contribution in [3.05, 3.63) is 46.7 Å². The summed E-state index contributed by atoms with van der Waals surface area (Å²) in [4.78, 5) is 0. The lowest BCUT2D eigenvalue weighted by molar-refractivity contribution is -0.00100. The van der Waals surface area contributed by atoms with Gasteiger partial charge in [0.2, 0.25) is 0 Å². The molecule has 0 amide bonds. The molecule has 0 bridgehead atoms. The van der Waals surface area contributed by atoms with Crippen molar-refractivity contribution in [3.63, 3.8) is 0 Å². The maximum absolute atomic E-state index is 8.64. The van der Waals surface area contributed by atoms with Gasteiger partial charge >= 0.3 is 0 Å². The third-order valence-electron chi connectivity index (χ3n) is 3.18. The van der Waals surface area contributed by atoms with E-state index in [9.17, 15) is 0 Å². The molecule has 0 atom stereocenters. The third-order valence-corrected chi connectivity index (χ3v) is 3.59. The average molecular weight is 380 g/mol. The highest BCUT2D eigenvalue weighted by molar-refractivity contribution is 6.31. The van der Waals surface area contributed by atoms with E-state index in [2.05, 4.69) is 10.6 Å². The van der Waals surface area contributed by atoms with Gasteiger partial charge in [0, 0.05) is 30.2 Å². The van der Waals surface area contributed by atoms with Gasteiger partial charge in [-0.1, -0.05) is 23.7 Å². The first-order chi connectivity index (χ1) is 10.2. The first-order valence-electron chi connectivity index (χ1n) is 7.08. The van der Waals surface area contributed by atoms with Gasteiger partial charge in [0.05, 0.1) is 13.2 Å². The van der Waals surface area contributed by atoms with Gasteiger partial charge in [0.15, 0.2) is 0 Å². The van der Waals surface area contributed by atoms with Crippen molar-refractivity contribution in [2.24, 2.45) is 0 Å². The van der Waals surface area contributed by atoms with Crippen LogP contribution in [0.15, 0.2) is 34.7 Å². The van der Waals surface area contributed by atoms with Gasteiger partial charge < -0.3 is 45.0 Å². The molecule has 0 aliphatic rings. The van der Waals surface area contributed by atoms with E-state index >= 15 is 0 Å². The zero-order chi connectivity index (χ0) is 15.1. The Hall–Kier alpha value is -0.750. The zero-order valence-electron chi connectivity index (χ0n) is 12.9. The summed E-state index contributed by atoms with van der Waals surface area (Å²) in [6.07, 6.45) is 0. The van der Waals surface area contributed by atoms with Crippen molar-refractivity contribution in [1.29, 1.82) is 0 Å². The van der Waals surface area contributed by atoms with Crippen LogP contribution in [0.1, 0.15) is 11.3 Å². The number of hydrogen-bond acceptors (Lipinski definition) is 4. The first kappa shape index (κ1) is 22.2. The highest BCUT2D eigenvalue weighted by atomic mass is 35.5. The molecule has 0 aliphatic heterocycles. The van der Waals surface area contributed by atoms with Gasteiger partial charge in [-0.2, -0.15) is 0 Å². The fraction of sp³-hybridized carbons (Fsp3) is 0.375. The van der Waals surface area contributed by atoms with Crippen LogP contribution in [0.5, 0.6) is 0 Å². The number of furan rings is 1. The molecule has 2 rings (SSSR count). The molecule has 0 aliphatic carbocycles. The molecule has 0 fully saturated rings. The summed E-state index contributed by atoms with van der Waals surface area (Å²) in [5.41, 5.74) is 2.05. The molecule has 1 heterocycles. The topological polar surface area (TPSA) is 57.4 Å². The number of hydrogen-bond donors (Lipinski definition) is 3. The van der Waals surface area contributed by atoms with E-state index in [4.69, 9.17) is 21.1 Å². The Bertz CT molecular complexity index is 576. The second kappa shape index (κ2) is 11.7. The standard InChI is InChI=1S/C16H21ClN2O2.2ClH/c1-12-2-3-13(10-15(12)17)16-5-4-14(21-16)11-19-7-6-18-8-9-20;;/h2-5,10,18-20H,6-9,11H2,1H3;2*1H/p-2. The third kappa shape index (κ3) is 7.12. The van der Waals surface area contributed by atoms with Gasteiger partial charge in [-0.25, -0.2) is 0 Å². The predicted octanol–water partition coefficient (Wildman–Crippen LogP) is -3.41. The van der Waals surface area contributed by atoms with Crippen LogP contribution in [-0.4, -0.2) is 31.3 Å². The second-order valence-corrected chi connectivity index (χ2v) is 5.29. The number of nitrogens with one attached hydrogen (secondary N) is 2.